The maximum atomic E-state index is 12.6. The lowest BCUT2D eigenvalue weighted by Gasteiger charge is -2.14. The van der Waals surface area contributed by atoms with Crippen LogP contribution in [0.15, 0.2) is 199 Å². The minimum Gasteiger partial charge on any atom is -0.410 e. The summed E-state index contributed by atoms with van der Waals surface area (Å²) in [6.07, 6.45) is 2.83. The van der Waals surface area contributed by atoms with Gasteiger partial charge in [-0.05, 0) is 109 Å². The predicted molar refractivity (Wildman–Crippen MR) is 410 cm³/mol. The Bertz CT molecular complexity index is 5390. The Kier molecular flexibility index (Phi) is 25.7. The van der Waals surface area contributed by atoms with Crippen LogP contribution in [0.2, 0.25) is 0 Å². The summed E-state index contributed by atoms with van der Waals surface area (Å²) in [5.41, 5.74) is 37.4. The van der Waals surface area contributed by atoms with Gasteiger partial charge in [-0.15, -0.1) is 0 Å². The van der Waals surface area contributed by atoms with Crippen molar-refractivity contribution in [3.63, 3.8) is 0 Å². The number of ether oxygens (including phenoxy) is 2. The average molecular weight is 1550 g/mol. The normalized spacial score (nSPS) is 16.9. The summed E-state index contributed by atoms with van der Waals surface area (Å²) in [6, 6.07) is 43.3. The molecular weight excluding hydrogens is 1470 g/mol. The van der Waals surface area contributed by atoms with Crippen LogP contribution in [0.1, 0.15) is 112 Å². The molecule has 39 heteroatoms. The highest BCUT2D eigenvalue weighted by Gasteiger charge is 2.36. The SMILES string of the molecule is CC(C)S(=O)(=O)n1c(N)nc2ccc(/C(=N/O)c3ccccc3)cc21.CC(C)S(=O)(=O)n1c(N)nc2ccc(/C(=N/O)c3ccccc3)cc21.CC(C)S(=O)(=O)n1c(N)nc2ccc(/C(=N\O)c3ccccc3)cc21.Cc1cn([C@H]2C[C@H](N=[N+]=[N-])[C@@H](CO)O2)c(=O)[nH]c1=O.Nc1ccn([C@H]2CC[C@@H](CO)O2)c(=O)n1. The zero-order valence-corrected chi connectivity index (χ0v) is 62.2. The van der Waals surface area contributed by atoms with Crippen molar-refractivity contribution in [2.45, 2.75) is 114 Å². The van der Waals surface area contributed by atoms with Crippen LogP contribution in [0, 0.1) is 6.92 Å². The van der Waals surface area contributed by atoms with Crippen LogP contribution >= 0.6 is 0 Å². The molecule has 0 saturated carbocycles. The number of aliphatic hydroxyl groups excluding tert-OH is 2. The first-order valence-electron chi connectivity index (χ1n) is 33.5. The van der Waals surface area contributed by atoms with E-state index in [9.17, 15) is 55.3 Å². The first kappa shape index (κ1) is 81.0. The number of benzene rings is 6. The second-order valence-corrected chi connectivity index (χ2v) is 32.4. The third-order valence-corrected chi connectivity index (χ3v) is 23.5. The number of nitrogens with two attached hydrogens (primary N) is 4. The Balaban J connectivity index is 0.000000159. The molecule has 0 bridgehead atoms. The summed E-state index contributed by atoms with van der Waals surface area (Å²) in [7, 11) is -11.0. The van der Waals surface area contributed by atoms with Gasteiger partial charge in [0.05, 0.1) is 80.3 Å². The third-order valence-electron chi connectivity index (χ3n) is 17.2. The molecule has 0 aliphatic carbocycles. The summed E-state index contributed by atoms with van der Waals surface area (Å²) in [5.74, 6) is -0.0814. The Morgan fingerprint density at radius 1 is 0.541 bits per heavy atom. The van der Waals surface area contributed by atoms with Gasteiger partial charge >= 0.3 is 11.4 Å². The summed E-state index contributed by atoms with van der Waals surface area (Å²) in [4.78, 5) is 55.3. The number of rotatable bonds is 17. The van der Waals surface area contributed by atoms with Crippen molar-refractivity contribution in [1.82, 2.24) is 46.0 Å². The van der Waals surface area contributed by atoms with Crippen LogP contribution in [0.5, 0.6) is 0 Å². The third kappa shape index (κ3) is 17.8. The van der Waals surface area contributed by atoms with Gasteiger partial charge in [0.1, 0.15) is 35.4 Å². The number of aryl methyl sites for hydroxylation is 1. The molecule has 0 radical (unpaired) electrons. The average Bonchev–Trinajstić information content (AvgIpc) is 1.63. The molecule has 2 aliphatic heterocycles. The van der Waals surface area contributed by atoms with Gasteiger partial charge in [0.2, 0.25) is 47.9 Å². The van der Waals surface area contributed by atoms with Crippen molar-refractivity contribution in [2.24, 2.45) is 20.6 Å². The van der Waals surface area contributed by atoms with Gasteiger partial charge in [-0.1, -0.05) is 130 Å². The van der Waals surface area contributed by atoms with Crippen LogP contribution in [-0.2, 0) is 39.5 Å². The van der Waals surface area contributed by atoms with Gasteiger partial charge in [0.25, 0.3) is 5.56 Å². The Morgan fingerprint density at radius 3 is 1.27 bits per heavy atom. The standard InChI is InChI=1S/3C17H18N4O3S.C10H13N5O4.C9H13N3O3/c3*1-11(2)25(23,24)21-15-10-13(8-9-14(15)19-17(21)18)16(20-22)12-6-4-3-5-7-12;1-5-3-15(10(18)12-9(5)17)8-2-6(13-14-11)7(4-16)19-8;10-7-3-4-12(9(14)11-7)8-2-1-6(5-13)15-8/h3*3-11,22H,1-2H3,(H2,18,19);3,6-8,16H,2,4H2,1H3,(H,12,17,18);3-4,6,8,13H,1-2,5H2,(H2,10,11,14)/b2*20-16+;20-16-;;/t;;;6-,7+,8+;6-,8+/m...00/s1. The van der Waals surface area contributed by atoms with Crippen molar-refractivity contribution in [3.05, 3.63) is 245 Å². The molecule has 0 spiro atoms. The van der Waals surface area contributed by atoms with E-state index < -0.39 is 81.1 Å². The van der Waals surface area contributed by atoms with E-state index in [1.807, 2.05) is 54.6 Å². The maximum Gasteiger partial charge on any atom is 0.351 e. The molecule has 109 heavy (non-hydrogen) atoms. The van der Waals surface area contributed by atoms with E-state index in [2.05, 4.69) is 50.4 Å². The molecule has 6 aromatic carbocycles. The molecule has 7 heterocycles. The lowest BCUT2D eigenvalue weighted by molar-refractivity contribution is -0.0271. The van der Waals surface area contributed by atoms with E-state index >= 15 is 0 Å². The van der Waals surface area contributed by atoms with Gasteiger partial charge in [0.15, 0.2) is 0 Å². The highest BCUT2D eigenvalue weighted by atomic mass is 32.2. The van der Waals surface area contributed by atoms with Crippen LogP contribution in [-0.4, -0.2) is 161 Å². The number of hydrogen-bond acceptors (Lipinski definition) is 28. The van der Waals surface area contributed by atoms with Crippen LogP contribution in [0.3, 0.4) is 0 Å². The largest absolute Gasteiger partial charge is 0.410 e. The number of nitrogens with one attached hydrogen (secondary N) is 1. The van der Waals surface area contributed by atoms with E-state index in [0.29, 0.717) is 95.6 Å². The number of imidazole rings is 3. The predicted octanol–water partition coefficient (Wildman–Crippen LogP) is 6.59. The molecule has 0 amide bonds. The highest BCUT2D eigenvalue weighted by Crippen LogP contribution is 2.32. The number of aromatic amines is 1. The number of H-pyrrole nitrogens is 1. The van der Waals surface area contributed by atoms with E-state index in [4.69, 9.17) is 48.2 Å². The van der Waals surface area contributed by atoms with E-state index in [-0.39, 0.29) is 55.6 Å². The zero-order chi connectivity index (χ0) is 79.4. The summed E-state index contributed by atoms with van der Waals surface area (Å²) < 4.78 is 92.3. The summed E-state index contributed by atoms with van der Waals surface area (Å²) in [6.45, 7) is 10.7. The number of oxime groups is 3. The van der Waals surface area contributed by atoms with Gasteiger partial charge in [-0.25, -0.2) is 61.7 Å². The Labute approximate surface area is 623 Å². The lowest BCUT2D eigenvalue weighted by Crippen LogP contribution is -2.33. The number of azide groups is 1. The minimum absolute atomic E-state index is 0.0202. The Hall–Kier alpha value is -12.1. The lowest BCUT2D eigenvalue weighted by atomic mass is 10.0. The molecule has 2 saturated heterocycles. The summed E-state index contributed by atoms with van der Waals surface area (Å²) in [5, 5.41) is 58.1. The van der Waals surface area contributed by atoms with Crippen molar-refractivity contribution in [1.29, 1.82) is 0 Å². The van der Waals surface area contributed by atoms with Crippen LogP contribution in [0.25, 0.3) is 43.5 Å². The number of aromatic nitrogens is 10. The van der Waals surface area contributed by atoms with Crippen molar-refractivity contribution in [3.8, 4) is 0 Å². The van der Waals surface area contributed by atoms with Crippen LogP contribution in [0.4, 0.5) is 23.7 Å². The Morgan fingerprint density at radius 2 is 0.936 bits per heavy atom. The topological polar surface area (TPSA) is 555 Å². The number of aliphatic hydroxyl groups is 2. The molecule has 13 rings (SSSR count). The molecular formula is C70H80N20O16S3. The van der Waals surface area contributed by atoms with E-state index in [0.717, 1.165) is 18.3 Å². The van der Waals surface area contributed by atoms with Crippen LogP contribution < -0.4 is 39.9 Å². The quantitative estimate of drug-likeness (QED) is 0.0115. The maximum absolute atomic E-state index is 12.6. The molecule has 11 aromatic rings. The second kappa shape index (κ2) is 34.6. The van der Waals surface area contributed by atoms with Crippen molar-refractivity contribution in [2.75, 3.05) is 36.1 Å². The smallest absolute Gasteiger partial charge is 0.351 e. The monoisotopic (exact) mass is 1550 g/mol. The fourth-order valence-corrected chi connectivity index (χ4v) is 14.9. The van der Waals surface area contributed by atoms with Crippen molar-refractivity contribution >= 4 is 104 Å². The first-order valence-corrected chi connectivity index (χ1v) is 38.0. The molecule has 36 nitrogen and oxygen atoms in total. The number of nitrogens with zero attached hydrogens (tertiary/aromatic N) is 15. The second-order valence-electron chi connectivity index (χ2n) is 25.4. The van der Waals surface area contributed by atoms with E-state index in [1.54, 1.807) is 152 Å². The number of hydrogen-bond donors (Lipinski definition) is 10. The summed E-state index contributed by atoms with van der Waals surface area (Å²) >= 11 is 0. The molecule has 14 N–H and O–H groups in total. The fraction of sp³-hybridized carbons (Fsp3) is 0.286. The number of anilines is 4. The number of fused-ring (bicyclic) bond motifs is 3. The molecule has 5 aromatic heterocycles. The molecule has 2 aliphatic rings. The molecule has 5 atom stereocenters. The highest BCUT2D eigenvalue weighted by molar-refractivity contribution is 7.91. The first-order chi connectivity index (χ1) is 51.8. The van der Waals surface area contributed by atoms with Gasteiger partial charge in [0, 0.05) is 62.7 Å². The van der Waals surface area contributed by atoms with Crippen molar-refractivity contribution < 1.29 is 60.6 Å². The molecule has 2 fully saturated rings. The zero-order valence-electron chi connectivity index (χ0n) is 59.7. The molecule has 574 valence electrons. The van der Waals surface area contributed by atoms with Gasteiger partial charge in [-0.3, -0.25) is 18.9 Å². The van der Waals surface area contributed by atoms with Gasteiger partial charge in [-0.2, -0.15) is 4.98 Å². The minimum atomic E-state index is -3.68. The fourth-order valence-electron chi connectivity index (χ4n) is 11.4. The number of nitrogen functional groups attached to an aromatic ring is 4. The molecule has 0 unspecified atom stereocenters. The van der Waals surface area contributed by atoms with Gasteiger partial charge < -0.3 is 58.2 Å². The van der Waals surface area contributed by atoms with E-state index in [1.165, 1.54) is 15.3 Å².